The second-order valence-corrected chi connectivity index (χ2v) is 8.18. The summed E-state index contributed by atoms with van der Waals surface area (Å²) in [6.45, 7) is 1.46. The van der Waals surface area contributed by atoms with Gasteiger partial charge in [-0.2, -0.15) is 18.2 Å². The third kappa shape index (κ3) is 5.45. The van der Waals surface area contributed by atoms with Crippen molar-refractivity contribution in [3.05, 3.63) is 53.4 Å². The molecule has 1 aliphatic heterocycles. The van der Waals surface area contributed by atoms with Gasteiger partial charge in [-0.05, 0) is 19.1 Å². The van der Waals surface area contributed by atoms with Gasteiger partial charge in [0.05, 0.1) is 44.1 Å². The van der Waals surface area contributed by atoms with Crippen molar-refractivity contribution in [1.82, 2.24) is 9.97 Å². The van der Waals surface area contributed by atoms with E-state index in [1.165, 1.54) is 32.2 Å². The summed E-state index contributed by atoms with van der Waals surface area (Å²) in [4.78, 5) is 7.58. The van der Waals surface area contributed by atoms with Crippen LogP contribution in [-0.4, -0.2) is 61.3 Å². The molecule has 0 bridgehead atoms. The molecule has 2 aromatic carbocycles. The van der Waals surface area contributed by atoms with Gasteiger partial charge in [0.15, 0.2) is 11.5 Å². The third-order valence-corrected chi connectivity index (χ3v) is 5.70. The quantitative estimate of drug-likeness (QED) is 0.329. The largest absolute Gasteiger partial charge is 0.493 e. The Bertz CT molecular complexity index is 1220. The average Bonchev–Trinajstić information content (AvgIpc) is 2.87. The third-order valence-electron chi connectivity index (χ3n) is 5.70. The van der Waals surface area contributed by atoms with Gasteiger partial charge in [0.25, 0.3) is 5.92 Å². The zero-order valence-corrected chi connectivity index (χ0v) is 19.6. The molecule has 12 heteroatoms. The number of nitrogens with one attached hydrogen (secondary N) is 1. The first-order valence-electron chi connectivity index (χ1n) is 11.1. The number of aromatic nitrogens is 2. The Labute approximate surface area is 204 Å². The number of aliphatic hydroxyl groups is 1. The van der Waals surface area contributed by atoms with Gasteiger partial charge >= 0.3 is 6.08 Å². The molecule has 194 valence electrons. The summed E-state index contributed by atoms with van der Waals surface area (Å²) in [5, 5.41) is 12.2. The molecule has 2 heterocycles. The Morgan fingerprint density at radius 1 is 1.19 bits per heavy atom. The lowest BCUT2D eigenvalue weighted by Crippen LogP contribution is -2.33. The molecular weight excluding hydrogens is 486 g/mol. The van der Waals surface area contributed by atoms with Crippen molar-refractivity contribution >= 4 is 16.7 Å². The number of anilines is 1. The molecule has 1 aromatic heterocycles. The minimum Gasteiger partial charge on any atom is -0.493 e. The summed E-state index contributed by atoms with van der Waals surface area (Å²) < 4.78 is 79.3. The van der Waals surface area contributed by atoms with Gasteiger partial charge in [0, 0.05) is 17.0 Å². The highest BCUT2D eigenvalue weighted by molar-refractivity contribution is 5.91. The Morgan fingerprint density at radius 3 is 2.69 bits per heavy atom. The van der Waals surface area contributed by atoms with Crippen molar-refractivity contribution in [2.75, 3.05) is 45.5 Å². The lowest BCUT2D eigenvalue weighted by Gasteiger charge is -2.23. The molecule has 1 fully saturated rings. The van der Waals surface area contributed by atoms with Gasteiger partial charge in [-0.15, -0.1) is 0 Å². The van der Waals surface area contributed by atoms with Crippen LogP contribution < -0.4 is 14.8 Å². The Hall–Kier alpha value is -3.22. The highest BCUT2D eigenvalue weighted by Crippen LogP contribution is 2.37. The number of methoxy groups -OCH3 is 1. The van der Waals surface area contributed by atoms with Crippen LogP contribution in [0.4, 0.5) is 23.4 Å². The standard InChI is InChI=1S/C24H25F4N3O5/c1-13(15-4-3-5-17(21(15)25)24(27,28)12-32)29-22-16-8-20(36-11-14-10-34-6-7-35-14)19(33-2)9-18(16)30-23(26)31-22/h3-5,8-9,13-14,32H,6-7,10-12H2,1-2H3,(H,29,30,31)/t13-,14+/m1/s1. The lowest BCUT2D eigenvalue weighted by atomic mass is 10.00. The van der Waals surface area contributed by atoms with Crippen molar-refractivity contribution in [2.24, 2.45) is 0 Å². The highest BCUT2D eigenvalue weighted by atomic mass is 19.3. The maximum Gasteiger partial charge on any atom is 0.311 e. The average molecular weight is 511 g/mol. The van der Waals surface area contributed by atoms with Crippen LogP contribution in [0, 0.1) is 11.9 Å². The molecule has 0 unspecified atom stereocenters. The van der Waals surface area contributed by atoms with E-state index < -0.39 is 36.0 Å². The number of alkyl halides is 2. The van der Waals surface area contributed by atoms with Crippen molar-refractivity contribution in [3.63, 3.8) is 0 Å². The lowest BCUT2D eigenvalue weighted by molar-refractivity contribution is -0.101. The molecule has 0 spiro atoms. The topological polar surface area (TPSA) is 95.0 Å². The molecule has 0 aliphatic carbocycles. The molecule has 0 amide bonds. The predicted molar refractivity (Wildman–Crippen MR) is 122 cm³/mol. The fourth-order valence-electron chi connectivity index (χ4n) is 3.84. The van der Waals surface area contributed by atoms with Crippen LogP contribution in [0.25, 0.3) is 10.9 Å². The van der Waals surface area contributed by atoms with E-state index in [0.29, 0.717) is 36.7 Å². The molecule has 0 saturated carbocycles. The SMILES string of the molecule is COc1cc2nc(F)nc(N[C@H](C)c3cccc(C(F)(F)CO)c3F)c2cc1OC[C@@H]1COCCO1. The number of halogens is 4. The van der Waals surface area contributed by atoms with E-state index in [1.54, 1.807) is 6.07 Å². The van der Waals surface area contributed by atoms with Crippen LogP contribution in [0.5, 0.6) is 11.5 Å². The fraction of sp³-hybridized carbons (Fsp3) is 0.417. The van der Waals surface area contributed by atoms with Crippen LogP contribution in [0.3, 0.4) is 0 Å². The number of nitrogens with zero attached hydrogens (tertiary/aromatic N) is 2. The minimum absolute atomic E-state index is 0.00604. The molecule has 4 rings (SSSR count). The molecular formula is C24H25F4N3O5. The molecule has 2 atom stereocenters. The summed E-state index contributed by atoms with van der Waals surface area (Å²) >= 11 is 0. The van der Waals surface area contributed by atoms with Crippen molar-refractivity contribution < 1.29 is 41.6 Å². The molecule has 36 heavy (non-hydrogen) atoms. The van der Waals surface area contributed by atoms with E-state index in [9.17, 15) is 17.6 Å². The Kier molecular flexibility index (Phi) is 7.76. The molecule has 1 saturated heterocycles. The first kappa shape index (κ1) is 25.9. The zero-order valence-electron chi connectivity index (χ0n) is 19.6. The number of benzene rings is 2. The fourth-order valence-corrected chi connectivity index (χ4v) is 3.84. The zero-order chi connectivity index (χ0) is 25.9. The smallest absolute Gasteiger partial charge is 0.311 e. The van der Waals surface area contributed by atoms with E-state index >= 15 is 0 Å². The molecule has 1 aliphatic rings. The van der Waals surface area contributed by atoms with E-state index in [0.717, 1.165) is 6.07 Å². The van der Waals surface area contributed by atoms with Crippen LogP contribution >= 0.6 is 0 Å². The monoisotopic (exact) mass is 511 g/mol. The maximum atomic E-state index is 14.9. The van der Waals surface area contributed by atoms with Crippen LogP contribution in [0.2, 0.25) is 0 Å². The van der Waals surface area contributed by atoms with E-state index in [1.807, 2.05) is 0 Å². The molecule has 2 N–H and O–H groups in total. The molecule has 0 radical (unpaired) electrons. The van der Waals surface area contributed by atoms with Gasteiger partial charge in [0.2, 0.25) is 0 Å². The van der Waals surface area contributed by atoms with Gasteiger partial charge in [-0.3, -0.25) is 0 Å². The summed E-state index contributed by atoms with van der Waals surface area (Å²) in [7, 11) is 1.42. The van der Waals surface area contributed by atoms with Gasteiger partial charge < -0.3 is 29.4 Å². The Balaban J connectivity index is 1.66. The summed E-state index contributed by atoms with van der Waals surface area (Å²) in [6.07, 6.45) is -1.34. The second kappa shape index (κ2) is 10.8. The maximum absolute atomic E-state index is 14.9. The molecule has 8 nitrogen and oxygen atoms in total. The second-order valence-electron chi connectivity index (χ2n) is 8.18. The first-order chi connectivity index (χ1) is 17.2. The number of fused-ring (bicyclic) bond motifs is 1. The molecule has 3 aromatic rings. The summed E-state index contributed by atoms with van der Waals surface area (Å²) in [6, 6.07) is 5.57. The highest BCUT2D eigenvalue weighted by Gasteiger charge is 2.35. The summed E-state index contributed by atoms with van der Waals surface area (Å²) in [5.74, 6) is -4.35. The van der Waals surface area contributed by atoms with Crippen LogP contribution in [0.15, 0.2) is 30.3 Å². The van der Waals surface area contributed by atoms with Gasteiger partial charge in [-0.1, -0.05) is 12.1 Å². The van der Waals surface area contributed by atoms with Crippen molar-refractivity contribution in [2.45, 2.75) is 25.0 Å². The number of aliphatic hydroxyl groups excluding tert-OH is 1. The van der Waals surface area contributed by atoms with Crippen molar-refractivity contribution in [3.8, 4) is 11.5 Å². The van der Waals surface area contributed by atoms with E-state index in [2.05, 4.69) is 15.3 Å². The van der Waals surface area contributed by atoms with Gasteiger partial charge in [-0.25, -0.2) is 9.37 Å². The number of hydrogen-bond acceptors (Lipinski definition) is 8. The number of rotatable bonds is 9. The minimum atomic E-state index is -3.76. The van der Waals surface area contributed by atoms with E-state index in [4.69, 9.17) is 24.1 Å². The number of ether oxygens (including phenoxy) is 4. The van der Waals surface area contributed by atoms with Crippen LogP contribution in [-0.2, 0) is 15.4 Å². The van der Waals surface area contributed by atoms with Crippen LogP contribution in [0.1, 0.15) is 24.1 Å². The predicted octanol–water partition coefficient (Wildman–Crippen LogP) is 3.97. The van der Waals surface area contributed by atoms with Crippen molar-refractivity contribution in [1.29, 1.82) is 0 Å². The first-order valence-corrected chi connectivity index (χ1v) is 11.1. The van der Waals surface area contributed by atoms with Gasteiger partial charge in [0.1, 0.15) is 31.0 Å². The summed E-state index contributed by atoms with van der Waals surface area (Å²) in [5.41, 5.74) is -0.879. The normalized spacial score (nSPS) is 17.1. The van der Waals surface area contributed by atoms with E-state index in [-0.39, 0.29) is 29.6 Å². The Morgan fingerprint density at radius 2 is 2.00 bits per heavy atom. The number of hydrogen-bond donors (Lipinski definition) is 2.